The van der Waals surface area contributed by atoms with Gasteiger partial charge in [-0.15, -0.1) is 0 Å². The van der Waals surface area contributed by atoms with Crippen molar-refractivity contribution in [2.24, 2.45) is 0 Å². The number of nitrogens with one attached hydrogen (secondary N) is 2. The zero-order valence-corrected chi connectivity index (χ0v) is 9.58. The molecule has 0 saturated heterocycles. The van der Waals surface area contributed by atoms with Gasteiger partial charge in [-0.25, -0.2) is 0 Å². The highest BCUT2D eigenvalue weighted by atomic mass is 15.0. The fourth-order valence-corrected chi connectivity index (χ4v) is 1.21. The minimum absolute atomic E-state index is 0.793. The Hall–Kier alpha value is -1.00. The maximum absolute atomic E-state index is 4.27. The van der Waals surface area contributed by atoms with Crippen LogP contribution in [-0.2, 0) is 6.54 Å². The van der Waals surface area contributed by atoms with Crippen LogP contribution in [0.1, 0.15) is 24.7 Å². The molecule has 0 aliphatic carbocycles. The molecule has 0 fully saturated rings. The van der Waals surface area contributed by atoms with Gasteiger partial charge in [0.25, 0.3) is 0 Å². The fraction of sp³-hybridized carbons (Fsp3) is 0.636. The Morgan fingerprint density at radius 1 is 1.07 bits per heavy atom. The molecule has 0 aliphatic rings. The highest BCUT2D eigenvalue weighted by Crippen LogP contribution is 1.92. The van der Waals surface area contributed by atoms with Gasteiger partial charge >= 0.3 is 0 Å². The van der Waals surface area contributed by atoms with Gasteiger partial charge in [0, 0.05) is 32.0 Å². The summed E-state index contributed by atoms with van der Waals surface area (Å²) in [7, 11) is 0. The Bertz CT molecular complexity index is 258. The molecule has 0 unspecified atom stereocenters. The second-order valence-corrected chi connectivity index (χ2v) is 3.58. The first-order chi connectivity index (χ1) is 7.33. The molecule has 4 heteroatoms. The van der Waals surface area contributed by atoms with Gasteiger partial charge in [0.05, 0.1) is 11.4 Å². The standard InChI is InChI=1S/C11H20N4/c1-3-4-12-5-6-13-8-11-9-14-10(2)7-15-11/h7,9,12-13H,3-6,8H2,1-2H3. The summed E-state index contributed by atoms with van der Waals surface area (Å²) in [5, 5.41) is 6.65. The van der Waals surface area contributed by atoms with Crippen LogP contribution in [-0.4, -0.2) is 29.6 Å². The largest absolute Gasteiger partial charge is 0.315 e. The average molecular weight is 208 g/mol. The van der Waals surface area contributed by atoms with E-state index in [2.05, 4.69) is 27.5 Å². The van der Waals surface area contributed by atoms with Crippen molar-refractivity contribution in [3.63, 3.8) is 0 Å². The lowest BCUT2D eigenvalue weighted by Crippen LogP contribution is -2.27. The van der Waals surface area contributed by atoms with E-state index in [9.17, 15) is 0 Å². The summed E-state index contributed by atoms with van der Waals surface area (Å²) in [6, 6.07) is 0. The van der Waals surface area contributed by atoms with E-state index in [4.69, 9.17) is 0 Å². The van der Waals surface area contributed by atoms with Gasteiger partial charge in [-0.1, -0.05) is 6.92 Å². The van der Waals surface area contributed by atoms with Crippen molar-refractivity contribution < 1.29 is 0 Å². The third kappa shape index (κ3) is 5.44. The van der Waals surface area contributed by atoms with Crippen LogP contribution in [0.15, 0.2) is 12.4 Å². The summed E-state index contributed by atoms with van der Waals surface area (Å²) in [5.74, 6) is 0. The average Bonchev–Trinajstić information content (AvgIpc) is 2.26. The normalized spacial score (nSPS) is 10.5. The third-order valence-electron chi connectivity index (χ3n) is 2.05. The van der Waals surface area contributed by atoms with Gasteiger partial charge in [-0.05, 0) is 19.9 Å². The highest BCUT2D eigenvalue weighted by molar-refractivity contribution is 4.99. The van der Waals surface area contributed by atoms with Crippen LogP contribution in [0.5, 0.6) is 0 Å². The molecular formula is C11H20N4. The molecule has 1 rings (SSSR count). The predicted molar refractivity (Wildman–Crippen MR) is 61.6 cm³/mol. The lowest BCUT2D eigenvalue weighted by atomic mass is 10.4. The molecule has 0 atom stereocenters. The van der Waals surface area contributed by atoms with Gasteiger partial charge in [-0.2, -0.15) is 0 Å². The summed E-state index contributed by atoms with van der Waals surface area (Å²) in [6.07, 6.45) is 4.80. The summed E-state index contributed by atoms with van der Waals surface area (Å²) in [6.45, 7) is 7.97. The van der Waals surface area contributed by atoms with Crippen molar-refractivity contribution >= 4 is 0 Å². The van der Waals surface area contributed by atoms with E-state index in [-0.39, 0.29) is 0 Å². The van der Waals surface area contributed by atoms with E-state index in [0.29, 0.717) is 0 Å². The zero-order valence-electron chi connectivity index (χ0n) is 9.58. The molecule has 0 saturated carbocycles. The Kier molecular flexibility index (Phi) is 5.88. The topological polar surface area (TPSA) is 49.8 Å². The van der Waals surface area contributed by atoms with Crippen molar-refractivity contribution in [2.75, 3.05) is 19.6 Å². The number of hydrogen-bond donors (Lipinski definition) is 2. The summed E-state index contributed by atoms with van der Waals surface area (Å²) in [5.41, 5.74) is 1.96. The van der Waals surface area contributed by atoms with E-state index < -0.39 is 0 Å². The Morgan fingerprint density at radius 3 is 2.53 bits per heavy atom. The van der Waals surface area contributed by atoms with Crippen molar-refractivity contribution in [1.29, 1.82) is 0 Å². The maximum atomic E-state index is 4.27. The van der Waals surface area contributed by atoms with Crippen molar-refractivity contribution in [2.45, 2.75) is 26.8 Å². The van der Waals surface area contributed by atoms with Crippen LogP contribution in [0.25, 0.3) is 0 Å². The van der Waals surface area contributed by atoms with E-state index >= 15 is 0 Å². The lowest BCUT2D eigenvalue weighted by Gasteiger charge is -2.05. The van der Waals surface area contributed by atoms with Crippen LogP contribution in [0.3, 0.4) is 0 Å². The number of hydrogen-bond acceptors (Lipinski definition) is 4. The van der Waals surface area contributed by atoms with Crippen LogP contribution in [0.2, 0.25) is 0 Å². The first-order valence-corrected chi connectivity index (χ1v) is 5.52. The van der Waals surface area contributed by atoms with Crippen LogP contribution < -0.4 is 10.6 Å². The minimum Gasteiger partial charge on any atom is -0.315 e. The smallest absolute Gasteiger partial charge is 0.0724 e. The summed E-state index contributed by atoms with van der Waals surface area (Å²) < 4.78 is 0. The lowest BCUT2D eigenvalue weighted by molar-refractivity contribution is 0.601. The Morgan fingerprint density at radius 2 is 1.87 bits per heavy atom. The highest BCUT2D eigenvalue weighted by Gasteiger charge is 1.93. The maximum Gasteiger partial charge on any atom is 0.0724 e. The molecule has 1 heterocycles. The summed E-state index contributed by atoms with van der Waals surface area (Å²) in [4.78, 5) is 8.46. The molecule has 0 amide bonds. The number of nitrogens with zero attached hydrogens (tertiary/aromatic N) is 2. The fourth-order valence-electron chi connectivity index (χ4n) is 1.21. The third-order valence-corrected chi connectivity index (χ3v) is 2.05. The number of aryl methyl sites for hydroxylation is 1. The van der Waals surface area contributed by atoms with E-state index in [1.165, 1.54) is 6.42 Å². The summed E-state index contributed by atoms with van der Waals surface area (Å²) >= 11 is 0. The SMILES string of the molecule is CCCNCCNCc1cnc(C)cn1. The Balaban J connectivity index is 2.07. The van der Waals surface area contributed by atoms with Crippen LogP contribution in [0.4, 0.5) is 0 Å². The first kappa shape index (κ1) is 12.1. The van der Waals surface area contributed by atoms with Crippen molar-refractivity contribution in [3.8, 4) is 0 Å². The molecule has 4 nitrogen and oxygen atoms in total. The van der Waals surface area contributed by atoms with Crippen molar-refractivity contribution in [1.82, 2.24) is 20.6 Å². The zero-order chi connectivity index (χ0) is 10.9. The van der Waals surface area contributed by atoms with Gasteiger partial charge in [0.1, 0.15) is 0 Å². The van der Waals surface area contributed by atoms with E-state index in [0.717, 1.165) is 37.6 Å². The molecule has 1 aromatic rings. The molecular weight excluding hydrogens is 188 g/mol. The molecule has 1 aromatic heterocycles. The number of aromatic nitrogens is 2. The first-order valence-electron chi connectivity index (χ1n) is 5.52. The molecule has 0 radical (unpaired) electrons. The quantitative estimate of drug-likeness (QED) is 0.653. The molecule has 2 N–H and O–H groups in total. The van der Waals surface area contributed by atoms with E-state index in [1.54, 1.807) is 6.20 Å². The van der Waals surface area contributed by atoms with Gasteiger partial charge < -0.3 is 10.6 Å². The van der Waals surface area contributed by atoms with Gasteiger partial charge in [0.15, 0.2) is 0 Å². The molecule has 0 bridgehead atoms. The second-order valence-electron chi connectivity index (χ2n) is 3.58. The molecule has 0 aliphatic heterocycles. The molecule has 15 heavy (non-hydrogen) atoms. The number of rotatable bonds is 7. The molecule has 0 aromatic carbocycles. The van der Waals surface area contributed by atoms with Gasteiger partial charge in [0.2, 0.25) is 0 Å². The second kappa shape index (κ2) is 7.31. The molecule has 0 spiro atoms. The van der Waals surface area contributed by atoms with Crippen LogP contribution in [0, 0.1) is 6.92 Å². The minimum atomic E-state index is 0.793. The predicted octanol–water partition coefficient (Wildman–Crippen LogP) is 0.874. The van der Waals surface area contributed by atoms with Crippen LogP contribution >= 0.6 is 0 Å². The Labute approximate surface area is 91.5 Å². The molecule has 84 valence electrons. The van der Waals surface area contributed by atoms with E-state index in [1.807, 2.05) is 13.1 Å². The van der Waals surface area contributed by atoms with Gasteiger partial charge in [-0.3, -0.25) is 9.97 Å². The monoisotopic (exact) mass is 208 g/mol. The van der Waals surface area contributed by atoms with Crippen molar-refractivity contribution in [3.05, 3.63) is 23.8 Å².